The first-order valence-corrected chi connectivity index (χ1v) is 8.49. The fourth-order valence-electron chi connectivity index (χ4n) is 1.54. The van der Waals surface area contributed by atoms with Gasteiger partial charge in [-0.1, -0.05) is 36.4 Å². The number of hydrogen-bond donors (Lipinski definition) is 3. The van der Waals surface area contributed by atoms with Gasteiger partial charge in [0.1, 0.15) is 10.8 Å². The number of unbranched alkanes of at least 4 members (excludes halogenated alkanes) is 1. The molecule has 0 atom stereocenters. The van der Waals surface area contributed by atoms with Crippen molar-refractivity contribution in [3.05, 3.63) is 21.4 Å². The monoisotopic (exact) mass is 340 g/mol. The zero-order valence-electron chi connectivity index (χ0n) is 12.0. The first-order chi connectivity index (χ1) is 10.6. The Bertz CT molecular complexity index is 699. The summed E-state index contributed by atoms with van der Waals surface area (Å²) in [5.74, 6) is -0.0272. The lowest BCUT2D eigenvalue weighted by molar-refractivity contribution is -0.113. The number of amides is 1. The van der Waals surface area contributed by atoms with Gasteiger partial charge in [-0.25, -0.2) is 4.98 Å². The van der Waals surface area contributed by atoms with E-state index < -0.39 is 0 Å². The van der Waals surface area contributed by atoms with E-state index in [1.54, 1.807) is 0 Å². The molecule has 1 amide bonds. The minimum absolute atomic E-state index is 0.0935. The minimum atomic E-state index is -0.347. The molecule has 0 aliphatic carbocycles. The van der Waals surface area contributed by atoms with Crippen LogP contribution in [0.4, 0.5) is 10.9 Å². The fourth-order valence-corrected chi connectivity index (χ4v) is 3.02. The molecule has 118 valence electrons. The SMILES string of the molecule is CCCCc1nnc(NC(=O)CSc2nc(N)cc(=O)[nH]2)s1. The van der Waals surface area contributed by atoms with Crippen LogP contribution in [0.25, 0.3) is 0 Å². The fraction of sp³-hybridized carbons (Fsp3) is 0.417. The number of aromatic amines is 1. The standard InChI is InChI=1S/C12H16N6O2S2/c1-2-3-4-10-17-18-12(22-10)16-9(20)6-21-11-14-7(13)5-8(19)15-11/h5H,2-4,6H2,1H3,(H,16,18,20)(H3,13,14,15,19). The second-order valence-electron chi connectivity index (χ2n) is 4.42. The molecule has 22 heavy (non-hydrogen) atoms. The van der Waals surface area contributed by atoms with Crippen LogP contribution >= 0.6 is 23.1 Å². The van der Waals surface area contributed by atoms with Crippen molar-refractivity contribution in [2.45, 2.75) is 31.3 Å². The number of carbonyl (C=O) groups is 1. The van der Waals surface area contributed by atoms with Crippen LogP contribution in [-0.2, 0) is 11.2 Å². The van der Waals surface area contributed by atoms with Gasteiger partial charge < -0.3 is 10.7 Å². The molecule has 0 aromatic carbocycles. The number of nitrogens with zero attached hydrogens (tertiary/aromatic N) is 3. The number of aryl methyl sites for hydroxylation is 1. The highest BCUT2D eigenvalue weighted by Gasteiger charge is 2.09. The van der Waals surface area contributed by atoms with Crippen molar-refractivity contribution >= 4 is 40.0 Å². The summed E-state index contributed by atoms with van der Waals surface area (Å²) in [6.07, 6.45) is 3.00. The van der Waals surface area contributed by atoms with E-state index in [-0.39, 0.29) is 23.0 Å². The lowest BCUT2D eigenvalue weighted by Crippen LogP contribution is -2.15. The van der Waals surface area contributed by atoms with Gasteiger partial charge >= 0.3 is 0 Å². The summed E-state index contributed by atoms with van der Waals surface area (Å²) in [7, 11) is 0. The summed E-state index contributed by atoms with van der Waals surface area (Å²) in [6.45, 7) is 2.11. The lowest BCUT2D eigenvalue weighted by atomic mass is 10.3. The molecule has 0 saturated carbocycles. The molecular formula is C12H16N6O2S2. The molecule has 2 rings (SSSR count). The Balaban J connectivity index is 1.85. The van der Waals surface area contributed by atoms with Crippen LogP contribution in [0.15, 0.2) is 16.0 Å². The van der Waals surface area contributed by atoms with E-state index in [1.165, 1.54) is 17.4 Å². The quantitative estimate of drug-likeness (QED) is 0.512. The van der Waals surface area contributed by atoms with Gasteiger partial charge in [0, 0.05) is 12.5 Å². The molecule has 0 saturated heterocycles. The van der Waals surface area contributed by atoms with E-state index in [0.29, 0.717) is 10.3 Å². The van der Waals surface area contributed by atoms with Gasteiger partial charge in [-0.2, -0.15) is 0 Å². The van der Waals surface area contributed by atoms with Crippen molar-refractivity contribution in [3.8, 4) is 0 Å². The molecule has 10 heteroatoms. The highest BCUT2D eigenvalue weighted by atomic mass is 32.2. The second kappa shape index (κ2) is 7.90. The smallest absolute Gasteiger partial charge is 0.253 e. The van der Waals surface area contributed by atoms with Crippen molar-refractivity contribution < 1.29 is 4.79 Å². The maximum Gasteiger partial charge on any atom is 0.253 e. The topological polar surface area (TPSA) is 127 Å². The Morgan fingerprint density at radius 2 is 2.32 bits per heavy atom. The van der Waals surface area contributed by atoms with E-state index >= 15 is 0 Å². The van der Waals surface area contributed by atoms with Gasteiger partial charge in [0.05, 0.1) is 5.75 Å². The average Bonchev–Trinajstić information content (AvgIpc) is 2.89. The minimum Gasteiger partial charge on any atom is -0.383 e. The highest BCUT2D eigenvalue weighted by Crippen LogP contribution is 2.18. The number of H-pyrrole nitrogens is 1. The summed E-state index contributed by atoms with van der Waals surface area (Å²) in [5.41, 5.74) is 5.12. The van der Waals surface area contributed by atoms with Crippen LogP contribution in [0.1, 0.15) is 24.8 Å². The summed E-state index contributed by atoms with van der Waals surface area (Å²) >= 11 is 2.47. The van der Waals surface area contributed by atoms with E-state index in [2.05, 4.69) is 32.4 Å². The molecule has 0 fully saturated rings. The molecule has 0 radical (unpaired) electrons. The Morgan fingerprint density at radius 3 is 3.05 bits per heavy atom. The summed E-state index contributed by atoms with van der Waals surface area (Å²) in [4.78, 5) is 29.5. The third kappa shape index (κ3) is 5.11. The first-order valence-electron chi connectivity index (χ1n) is 6.68. The number of carbonyl (C=O) groups excluding carboxylic acids is 1. The van der Waals surface area contributed by atoms with Crippen LogP contribution in [0, 0.1) is 0 Å². The predicted octanol–water partition coefficient (Wildman–Crippen LogP) is 1.28. The Morgan fingerprint density at radius 1 is 1.50 bits per heavy atom. The first kappa shape index (κ1) is 16.4. The molecule has 2 heterocycles. The number of hydrogen-bond acceptors (Lipinski definition) is 8. The number of nitrogens with two attached hydrogens (primary N) is 1. The number of nitrogens with one attached hydrogen (secondary N) is 2. The molecule has 0 unspecified atom stereocenters. The van der Waals surface area contributed by atoms with Crippen LogP contribution < -0.4 is 16.6 Å². The Hall–Kier alpha value is -1.94. The van der Waals surface area contributed by atoms with Crippen LogP contribution in [0.3, 0.4) is 0 Å². The van der Waals surface area contributed by atoms with E-state index in [1.807, 2.05) is 0 Å². The van der Waals surface area contributed by atoms with Gasteiger partial charge in [0.15, 0.2) is 5.16 Å². The number of nitrogen functional groups attached to an aromatic ring is 1. The molecule has 2 aromatic rings. The number of aromatic nitrogens is 4. The zero-order valence-corrected chi connectivity index (χ0v) is 13.6. The normalized spacial score (nSPS) is 10.6. The maximum absolute atomic E-state index is 11.8. The zero-order chi connectivity index (χ0) is 15.9. The Labute approximate surface area is 135 Å². The van der Waals surface area contributed by atoms with Gasteiger partial charge in [0.25, 0.3) is 5.56 Å². The van der Waals surface area contributed by atoms with Crippen molar-refractivity contribution in [2.24, 2.45) is 0 Å². The van der Waals surface area contributed by atoms with E-state index in [9.17, 15) is 9.59 Å². The van der Waals surface area contributed by atoms with Crippen molar-refractivity contribution in [1.82, 2.24) is 20.2 Å². The van der Waals surface area contributed by atoms with Crippen molar-refractivity contribution in [2.75, 3.05) is 16.8 Å². The van der Waals surface area contributed by atoms with Gasteiger partial charge in [0.2, 0.25) is 11.0 Å². The van der Waals surface area contributed by atoms with Crippen LogP contribution in [0.5, 0.6) is 0 Å². The molecule has 8 nitrogen and oxygen atoms in total. The van der Waals surface area contributed by atoms with Gasteiger partial charge in [-0.3, -0.25) is 14.9 Å². The largest absolute Gasteiger partial charge is 0.383 e. The number of thioether (sulfide) groups is 1. The third-order valence-corrected chi connectivity index (χ3v) is 4.31. The van der Waals surface area contributed by atoms with Gasteiger partial charge in [-0.05, 0) is 6.42 Å². The second-order valence-corrected chi connectivity index (χ2v) is 6.44. The van der Waals surface area contributed by atoms with Crippen molar-refractivity contribution in [1.29, 1.82) is 0 Å². The predicted molar refractivity (Wildman–Crippen MR) is 87.1 cm³/mol. The Kier molecular flexibility index (Phi) is 5.90. The van der Waals surface area contributed by atoms with Gasteiger partial charge in [-0.15, -0.1) is 10.2 Å². The van der Waals surface area contributed by atoms with Crippen molar-refractivity contribution in [3.63, 3.8) is 0 Å². The average molecular weight is 340 g/mol. The highest BCUT2D eigenvalue weighted by molar-refractivity contribution is 7.99. The van der Waals surface area contributed by atoms with Crippen LogP contribution in [-0.4, -0.2) is 31.8 Å². The summed E-state index contributed by atoms with van der Waals surface area (Å²) < 4.78 is 0. The van der Waals surface area contributed by atoms with Crippen LogP contribution in [0.2, 0.25) is 0 Å². The summed E-state index contributed by atoms with van der Waals surface area (Å²) in [6, 6.07) is 1.18. The maximum atomic E-state index is 11.8. The molecule has 0 aliphatic rings. The molecule has 0 spiro atoms. The van der Waals surface area contributed by atoms with E-state index in [0.717, 1.165) is 36.0 Å². The summed E-state index contributed by atoms with van der Waals surface area (Å²) in [5, 5.41) is 12.3. The molecule has 2 aromatic heterocycles. The molecular weight excluding hydrogens is 324 g/mol. The molecule has 0 bridgehead atoms. The number of rotatable bonds is 7. The lowest BCUT2D eigenvalue weighted by Gasteiger charge is -2.01. The van der Waals surface area contributed by atoms with E-state index in [4.69, 9.17) is 5.73 Å². The number of anilines is 2. The molecule has 4 N–H and O–H groups in total. The third-order valence-electron chi connectivity index (χ3n) is 2.54. The molecule has 0 aliphatic heterocycles.